The first-order valence-electron chi connectivity index (χ1n) is 3.59. The van der Waals surface area contributed by atoms with Crippen molar-refractivity contribution in [3.05, 3.63) is 24.3 Å². The lowest BCUT2D eigenvalue weighted by Crippen LogP contribution is -2.45. The van der Waals surface area contributed by atoms with Crippen LogP contribution in [0.15, 0.2) is 24.3 Å². The number of hydrogen-bond donors (Lipinski definition) is 3. The smallest absolute Gasteiger partial charge is 0.331 e. The van der Waals surface area contributed by atoms with E-state index >= 15 is 0 Å². The van der Waals surface area contributed by atoms with Crippen molar-refractivity contribution in [3.63, 3.8) is 0 Å². The van der Waals surface area contributed by atoms with Gasteiger partial charge in [-0.05, 0) is 0 Å². The fraction of sp³-hybridized carbons (Fsp3) is 0.250. The first kappa shape index (κ1) is 9.47. The Hall–Kier alpha value is -1.62. The van der Waals surface area contributed by atoms with Gasteiger partial charge in [0.05, 0.1) is 5.92 Å². The largest absolute Gasteiger partial charge is 0.481 e. The Morgan fingerprint density at radius 2 is 1.69 bits per heavy atom. The Bertz CT molecular complexity index is 291. The molecule has 5 heteroatoms. The molecule has 0 unspecified atom stereocenters. The van der Waals surface area contributed by atoms with Gasteiger partial charge in [0, 0.05) is 0 Å². The van der Waals surface area contributed by atoms with E-state index < -0.39 is 23.4 Å². The summed E-state index contributed by atoms with van der Waals surface area (Å²) in [6, 6.07) is 0. The summed E-state index contributed by atoms with van der Waals surface area (Å²) in [5.41, 5.74) is 3.83. The monoisotopic (exact) mass is 183 g/mol. The van der Waals surface area contributed by atoms with Crippen LogP contribution in [0.5, 0.6) is 0 Å². The van der Waals surface area contributed by atoms with E-state index in [2.05, 4.69) is 0 Å². The summed E-state index contributed by atoms with van der Waals surface area (Å²) in [6.07, 6.45) is 4.87. The molecule has 0 spiro atoms. The Kier molecular flexibility index (Phi) is 2.20. The molecular weight excluding hydrogens is 174 g/mol. The molecule has 70 valence electrons. The third kappa shape index (κ3) is 1.75. The SMILES string of the molecule is NC1(C(=O)O)C=CC(C(=O)O)C=C1. The zero-order valence-corrected chi connectivity index (χ0v) is 6.68. The maximum atomic E-state index is 10.6. The zero-order chi connectivity index (χ0) is 10.1. The van der Waals surface area contributed by atoms with Gasteiger partial charge >= 0.3 is 11.9 Å². The summed E-state index contributed by atoms with van der Waals surface area (Å²) in [6.45, 7) is 0. The van der Waals surface area contributed by atoms with Crippen LogP contribution in [-0.4, -0.2) is 27.7 Å². The lowest BCUT2D eigenvalue weighted by molar-refractivity contribution is -0.141. The normalized spacial score (nSPS) is 31.6. The molecule has 4 N–H and O–H groups in total. The highest BCUT2D eigenvalue weighted by molar-refractivity contribution is 5.86. The molecule has 0 aliphatic heterocycles. The summed E-state index contributed by atoms with van der Waals surface area (Å²) in [4.78, 5) is 21.0. The minimum absolute atomic E-state index is 0.781. The first-order valence-corrected chi connectivity index (χ1v) is 3.59. The minimum Gasteiger partial charge on any atom is -0.481 e. The van der Waals surface area contributed by atoms with Gasteiger partial charge in [-0.1, -0.05) is 24.3 Å². The molecule has 0 amide bonds. The van der Waals surface area contributed by atoms with Crippen LogP contribution in [-0.2, 0) is 9.59 Å². The summed E-state index contributed by atoms with van der Waals surface area (Å²) in [5, 5.41) is 17.2. The number of aliphatic carboxylic acids is 2. The number of rotatable bonds is 2. The molecule has 1 aliphatic carbocycles. The Morgan fingerprint density at radius 1 is 1.23 bits per heavy atom. The van der Waals surface area contributed by atoms with Crippen LogP contribution >= 0.6 is 0 Å². The maximum Gasteiger partial charge on any atom is 0.331 e. The summed E-state index contributed by atoms with van der Waals surface area (Å²) >= 11 is 0. The van der Waals surface area contributed by atoms with Crippen LogP contribution in [0.1, 0.15) is 0 Å². The van der Waals surface area contributed by atoms with Gasteiger partial charge in [-0.3, -0.25) is 4.79 Å². The predicted molar refractivity (Wildman–Crippen MR) is 44.0 cm³/mol. The van der Waals surface area contributed by atoms with Crippen LogP contribution in [0.4, 0.5) is 0 Å². The maximum absolute atomic E-state index is 10.6. The van der Waals surface area contributed by atoms with Crippen LogP contribution in [0.25, 0.3) is 0 Å². The van der Waals surface area contributed by atoms with Gasteiger partial charge in [0.25, 0.3) is 0 Å². The van der Waals surface area contributed by atoms with E-state index in [0.717, 1.165) is 0 Å². The second-order valence-electron chi connectivity index (χ2n) is 2.82. The number of carboxylic acid groups (broad SMARTS) is 2. The second-order valence-corrected chi connectivity index (χ2v) is 2.82. The van der Waals surface area contributed by atoms with Crippen molar-refractivity contribution in [1.29, 1.82) is 0 Å². The van der Waals surface area contributed by atoms with Crippen LogP contribution < -0.4 is 5.73 Å². The molecule has 0 aromatic rings. The first-order chi connectivity index (χ1) is 5.96. The number of nitrogens with two attached hydrogens (primary N) is 1. The fourth-order valence-electron chi connectivity index (χ4n) is 0.953. The average molecular weight is 183 g/mol. The molecule has 0 aromatic heterocycles. The van der Waals surface area contributed by atoms with Crippen molar-refractivity contribution in [2.75, 3.05) is 0 Å². The van der Waals surface area contributed by atoms with E-state index in [1.807, 2.05) is 0 Å². The molecule has 1 rings (SSSR count). The Labute approximate surface area is 74.2 Å². The zero-order valence-electron chi connectivity index (χ0n) is 6.68. The van der Waals surface area contributed by atoms with Crippen LogP contribution in [0, 0.1) is 5.92 Å². The average Bonchev–Trinajstić information content (AvgIpc) is 2.04. The second kappa shape index (κ2) is 3.02. The van der Waals surface area contributed by atoms with Crippen molar-refractivity contribution < 1.29 is 19.8 Å². The van der Waals surface area contributed by atoms with E-state index in [4.69, 9.17) is 15.9 Å². The number of hydrogen-bond acceptors (Lipinski definition) is 3. The van der Waals surface area contributed by atoms with E-state index in [0.29, 0.717) is 0 Å². The van der Waals surface area contributed by atoms with Gasteiger partial charge < -0.3 is 15.9 Å². The van der Waals surface area contributed by atoms with Gasteiger partial charge in [-0.25, -0.2) is 4.79 Å². The molecular formula is C8H9NO4. The molecule has 0 saturated heterocycles. The lowest BCUT2D eigenvalue weighted by atomic mass is 9.90. The molecule has 0 fully saturated rings. The summed E-state index contributed by atoms with van der Waals surface area (Å²) in [7, 11) is 0. The van der Waals surface area contributed by atoms with Crippen molar-refractivity contribution in [1.82, 2.24) is 0 Å². The van der Waals surface area contributed by atoms with E-state index in [1.165, 1.54) is 24.3 Å². The van der Waals surface area contributed by atoms with Crippen molar-refractivity contribution >= 4 is 11.9 Å². The van der Waals surface area contributed by atoms with Crippen LogP contribution in [0.2, 0.25) is 0 Å². The van der Waals surface area contributed by atoms with Gasteiger partial charge in [0.1, 0.15) is 0 Å². The highest BCUT2D eigenvalue weighted by Gasteiger charge is 2.31. The molecule has 0 atom stereocenters. The van der Waals surface area contributed by atoms with Crippen molar-refractivity contribution in [3.8, 4) is 0 Å². The molecule has 0 saturated carbocycles. The molecule has 1 aliphatic rings. The molecule has 0 heterocycles. The number of carboxylic acids is 2. The Balaban J connectivity index is 2.85. The quantitative estimate of drug-likeness (QED) is 0.505. The molecule has 0 radical (unpaired) electrons. The van der Waals surface area contributed by atoms with Crippen molar-refractivity contribution in [2.24, 2.45) is 11.7 Å². The molecule has 5 nitrogen and oxygen atoms in total. The summed E-state index contributed by atoms with van der Waals surface area (Å²) < 4.78 is 0. The van der Waals surface area contributed by atoms with E-state index in [1.54, 1.807) is 0 Å². The molecule has 13 heavy (non-hydrogen) atoms. The molecule has 0 aromatic carbocycles. The third-order valence-corrected chi connectivity index (χ3v) is 1.81. The van der Waals surface area contributed by atoms with Crippen LogP contribution in [0.3, 0.4) is 0 Å². The third-order valence-electron chi connectivity index (χ3n) is 1.81. The Morgan fingerprint density at radius 3 is 2.00 bits per heavy atom. The van der Waals surface area contributed by atoms with Gasteiger partial charge in [0.15, 0.2) is 5.54 Å². The standard InChI is InChI=1S/C8H9NO4/c9-8(7(12)13)3-1-5(2-4-8)6(10)11/h1-5H,9H2,(H,10,11)(H,12,13). The topological polar surface area (TPSA) is 101 Å². The van der Waals surface area contributed by atoms with Gasteiger partial charge in [0.2, 0.25) is 0 Å². The van der Waals surface area contributed by atoms with Gasteiger partial charge in [-0.2, -0.15) is 0 Å². The minimum atomic E-state index is -1.56. The number of carbonyl (C=O) groups is 2. The highest BCUT2D eigenvalue weighted by Crippen LogP contribution is 2.16. The lowest BCUT2D eigenvalue weighted by Gasteiger charge is -2.20. The predicted octanol–water partition coefficient (Wildman–Crippen LogP) is -0.405. The van der Waals surface area contributed by atoms with Gasteiger partial charge in [-0.15, -0.1) is 0 Å². The summed E-state index contributed by atoms with van der Waals surface area (Å²) in [5.74, 6) is -3.01. The fourth-order valence-corrected chi connectivity index (χ4v) is 0.953. The molecule has 0 bridgehead atoms. The highest BCUT2D eigenvalue weighted by atomic mass is 16.4. The van der Waals surface area contributed by atoms with E-state index in [9.17, 15) is 9.59 Å². The van der Waals surface area contributed by atoms with E-state index in [-0.39, 0.29) is 0 Å². The van der Waals surface area contributed by atoms with Crippen molar-refractivity contribution in [2.45, 2.75) is 5.54 Å².